The molecule has 0 amide bonds. The molecule has 6 unspecified atom stereocenters. The van der Waals surface area contributed by atoms with Crippen LogP contribution in [0.1, 0.15) is 38.5 Å². The van der Waals surface area contributed by atoms with Crippen molar-refractivity contribution in [3.63, 3.8) is 0 Å². The van der Waals surface area contributed by atoms with E-state index in [9.17, 15) is 0 Å². The Morgan fingerprint density at radius 2 is 1.74 bits per heavy atom. The number of thioether (sulfide) groups is 1. The molecule has 4 heteroatoms. The highest BCUT2D eigenvalue weighted by atomic mass is 32.2. The van der Waals surface area contributed by atoms with Crippen molar-refractivity contribution >= 4 is 11.8 Å². The molecule has 2 heterocycles. The maximum absolute atomic E-state index is 5.76. The summed E-state index contributed by atoms with van der Waals surface area (Å²) in [6.45, 7) is 1.22. The first-order valence-corrected chi connectivity index (χ1v) is 8.69. The van der Waals surface area contributed by atoms with Gasteiger partial charge in [-0.2, -0.15) is 11.8 Å². The Morgan fingerprint density at radius 3 is 2.63 bits per heavy atom. The van der Waals surface area contributed by atoms with Crippen LogP contribution in [-0.2, 0) is 9.47 Å². The lowest BCUT2D eigenvalue weighted by molar-refractivity contribution is -0.0594. The minimum Gasteiger partial charge on any atom is -0.491 e. The number of rotatable bonds is 0. The van der Waals surface area contributed by atoms with E-state index in [1.807, 2.05) is 0 Å². The lowest BCUT2D eigenvalue weighted by Gasteiger charge is -2.41. The lowest BCUT2D eigenvalue weighted by Crippen LogP contribution is -2.51. The fourth-order valence-electron chi connectivity index (χ4n) is 4.13. The van der Waals surface area contributed by atoms with E-state index < -0.39 is 0 Å². The van der Waals surface area contributed by atoms with Gasteiger partial charge in [0.1, 0.15) is 24.7 Å². The second-order valence-electron chi connectivity index (χ2n) is 6.36. The molecule has 4 aliphatic rings. The van der Waals surface area contributed by atoms with Gasteiger partial charge >= 0.3 is 0 Å². The van der Waals surface area contributed by atoms with Crippen LogP contribution < -0.4 is 5.32 Å². The molecule has 19 heavy (non-hydrogen) atoms. The molecule has 4 rings (SSSR count). The van der Waals surface area contributed by atoms with Crippen LogP contribution in [0.4, 0.5) is 0 Å². The average molecular weight is 281 g/mol. The summed E-state index contributed by atoms with van der Waals surface area (Å²) >= 11 is 2.25. The van der Waals surface area contributed by atoms with E-state index >= 15 is 0 Å². The highest BCUT2D eigenvalue weighted by Gasteiger charge is 2.44. The van der Waals surface area contributed by atoms with Gasteiger partial charge in [-0.3, -0.25) is 0 Å². The van der Waals surface area contributed by atoms with E-state index in [0.29, 0.717) is 11.3 Å². The summed E-state index contributed by atoms with van der Waals surface area (Å²) in [4.78, 5) is 0. The van der Waals surface area contributed by atoms with Crippen LogP contribution in [0, 0.1) is 5.92 Å². The van der Waals surface area contributed by atoms with Crippen molar-refractivity contribution in [3.05, 3.63) is 12.5 Å². The molecule has 2 aliphatic carbocycles. The fraction of sp³-hybridized carbons (Fsp3) is 0.867. The van der Waals surface area contributed by atoms with Crippen LogP contribution in [0.25, 0.3) is 0 Å². The molecule has 3 nitrogen and oxygen atoms in total. The Hall–Kier alpha value is -0.350. The molecule has 106 valence electrons. The van der Waals surface area contributed by atoms with Crippen LogP contribution in [0.5, 0.6) is 0 Å². The zero-order valence-electron chi connectivity index (χ0n) is 11.3. The van der Waals surface area contributed by atoms with Crippen LogP contribution in [-0.4, -0.2) is 35.3 Å². The molecule has 0 aromatic rings. The van der Waals surface area contributed by atoms with Gasteiger partial charge in [0, 0.05) is 29.4 Å². The van der Waals surface area contributed by atoms with Crippen molar-refractivity contribution < 1.29 is 9.47 Å². The van der Waals surface area contributed by atoms with E-state index in [-0.39, 0.29) is 12.2 Å². The Labute approximate surface area is 119 Å². The third kappa shape index (κ3) is 2.38. The van der Waals surface area contributed by atoms with Crippen LogP contribution in [0.15, 0.2) is 12.5 Å². The van der Waals surface area contributed by atoms with Crippen molar-refractivity contribution in [2.24, 2.45) is 5.92 Å². The predicted octanol–water partition coefficient (Wildman–Crippen LogP) is 2.67. The number of nitrogens with one attached hydrogen (secondary N) is 1. The maximum Gasteiger partial charge on any atom is 0.136 e. The minimum absolute atomic E-state index is 0.263. The number of hydrogen-bond acceptors (Lipinski definition) is 4. The van der Waals surface area contributed by atoms with E-state index in [4.69, 9.17) is 9.47 Å². The third-order valence-electron chi connectivity index (χ3n) is 5.21. The largest absolute Gasteiger partial charge is 0.491 e. The summed E-state index contributed by atoms with van der Waals surface area (Å²) in [5, 5.41) is 5.43. The number of hydrogen-bond donors (Lipinski definition) is 1. The zero-order chi connectivity index (χ0) is 12.7. The van der Waals surface area contributed by atoms with Gasteiger partial charge in [-0.25, -0.2) is 0 Å². The second kappa shape index (κ2) is 5.21. The fourth-order valence-corrected chi connectivity index (χ4v) is 6.03. The average Bonchev–Trinajstić information content (AvgIpc) is 2.63. The summed E-state index contributed by atoms with van der Waals surface area (Å²) in [5.74, 6) is 0.895. The maximum atomic E-state index is 5.76. The molecule has 6 atom stereocenters. The first-order valence-electron chi connectivity index (χ1n) is 7.75. The normalized spacial score (nSPS) is 48.8. The van der Waals surface area contributed by atoms with Gasteiger partial charge in [0.15, 0.2) is 0 Å². The van der Waals surface area contributed by atoms with Crippen molar-refractivity contribution in [1.82, 2.24) is 5.32 Å². The first-order chi connectivity index (χ1) is 9.40. The zero-order valence-corrected chi connectivity index (χ0v) is 12.1. The molecule has 0 spiro atoms. The number of fused-ring (bicyclic) bond motifs is 3. The van der Waals surface area contributed by atoms with Gasteiger partial charge in [-0.05, 0) is 25.3 Å². The monoisotopic (exact) mass is 281 g/mol. The molecule has 1 saturated heterocycles. The third-order valence-corrected chi connectivity index (χ3v) is 7.05. The standard InChI is InChI=1S/C15H23NO2S/c1-2-4-14-10(3-1)9-16-11-7-12-13(8-15(11)19-14)18-6-5-17-12/h5-6,10-16H,1-4,7-9H2. The summed E-state index contributed by atoms with van der Waals surface area (Å²) in [7, 11) is 0. The number of ether oxygens (including phenoxy) is 2. The van der Waals surface area contributed by atoms with Crippen LogP contribution in [0.2, 0.25) is 0 Å². The molecule has 1 N–H and O–H groups in total. The quantitative estimate of drug-likeness (QED) is 0.739. The molecular weight excluding hydrogens is 258 g/mol. The molecule has 0 bridgehead atoms. The summed E-state index contributed by atoms with van der Waals surface area (Å²) < 4.78 is 11.5. The first kappa shape index (κ1) is 12.4. The molecule has 0 aromatic heterocycles. The van der Waals surface area contributed by atoms with Crippen molar-refractivity contribution in [2.75, 3.05) is 6.54 Å². The lowest BCUT2D eigenvalue weighted by atomic mass is 9.87. The van der Waals surface area contributed by atoms with Crippen molar-refractivity contribution in [1.29, 1.82) is 0 Å². The molecule has 3 fully saturated rings. The highest BCUT2D eigenvalue weighted by Crippen LogP contribution is 2.43. The van der Waals surface area contributed by atoms with E-state index in [0.717, 1.165) is 24.0 Å². The van der Waals surface area contributed by atoms with Crippen LogP contribution >= 0.6 is 11.8 Å². The van der Waals surface area contributed by atoms with Gasteiger partial charge in [0.05, 0.1) is 0 Å². The Bertz CT molecular complexity index is 362. The molecule has 2 saturated carbocycles. The van der Waals surface area contributed by atoms with E-state index in [2.05, 4.69) is 17.1 Å². The minimum atomic E-state index is 0.263. The molecular formula is C15H23NO2S. The Morgan fingerprint density at radius 1 is 0.947 bits per heavy atom. The van der Waals surface area contributed by atoms with Gasteiger partial charge in [0.25, 0.3) is 0 Å². The summed E-state index contributed by atoms with van der Waals surface area (Å²) in [6, 6.07) is 0.618. The van der Waals surface area contributed by atoms with E-state index in [1.54, 1.807) is 12.5 Å². The summed E-state index contributed by atoms with van der Waals surface area (Å²) in [6.07, 6.45) is 11.9. The Kier molecular flexibility index (Phi) is 3.40. The second-order valence-corrected chi connectivity index (χ2v) is 7.85. The molecule has 0 aromatic carbocycles. The topological polar surface area (TPSA) is 30.5 Å². The molecule has 2 aliphatic heterocycles. The van der Waals surface area contributed by atoms with Gasteiger partial charge in [-0.15, -0.1) is 0 Å². The van der Waals surface area contributed by atoms with Gasteiger partial charge in [-0.1, -0.05) is 12.8 Å². The van der Waals surface area contributed by atoms with Gasteiger partial charge in [0.2, 0.25) is 0 Å². The SMILES string of the molecule is C1=COC2CC3SC4CCCCC4CNC3CC2O1. The highest BCUT2D eigenvalue weighted by molar-refractivity contribution is 8.00. The van der Waals surface area contributed by atoms with Crippen molar-refractivity contribution in [2.45, 2.75) is 67.3 Å². The van der Waals surface area contributed by atoms with Crippen LogP contribution in [0.3, 0.4) is 0 Å². The smallest absolute Gasteiger partial charge is 0.136 e. The summed E-state index contributed by atoms with van der Waals surface area (Å²) in [5.41, 5.74) is 0. The van der Waals surface area contributed by atoms with Crippen molar-refractivity contribution in [3.8, 4) is 0 Å². The van der Waals surface area contributed by atoms with E-state index in [1.165, 1.54) is 32.2 Å². The molecule has 0 radical (unpaired) electrons. The predicted molar refractivity (Wildman–Crippen MR) is 77.0 cm³/mol. The Balaban J connectivity index is 1.49. The van der Waals surface area contributed by atoms with Gasteiger partial charge < -0.3 is 14.8 Å².